The van der Waals surface area contributed by atoms with E-state index in [1.807, 2.05) is 0 Å². The minimum Gasteiger partial charge on any atom is -0.260 e. The van der Waals surface area contributed by atoms with Crippen LogP contribution in [0.4, 0.5) is 0 Å². The quantitative estimate of drug-likeness (QED) is 0.529. The molecule has 72 valence electrons. The number of halogens is 3. The van der Waals surface area contributed by atoms with E-state index in [1.54, 1.807) is 6.92 Å². The van der Waals surface area contributed by atoms with Gasteiger partial charge in [0.2, 0.25) is 3.79 Å². The fraction of sp³-hybridized carbons (Fsp3) is 1.00. The van der Waals surface area contributed by atoms with Crippen molar-refractivity contribution < 1.29 is 12.6 Å². The van der Waals surface area contributed by atoms with Gasteiger partial charge in [0, 0.05) is 0 Å². The predicted octanol–water partition coefficient (Wildman–Crippen LogP) is 1.86. The molecule has 0 spiro atoms. The number of rotatable bonds is 1. The summed E-state index contributed by atoms with van der Waals surface area (Å²) >= 11 is 16.4. The lowest BCUT2D eigenvalue weighted by atomic mass is 10.2. The van der Waals surface area contributed by atoms with E-state index >= 15 is 0 Å². The van der Waals surface area contributed by atoms with Gasteiger partial charge >= 0.3 is 0 Å². The molecule has 0 bridgehead atoms. The van der Waals surface area contributed by atoms with Crippen molar-refractivity contribution >= 4 is 44.9 Å². The summed E-state index contributed by atoms with van der Waals surface area (Å²) in [7, 11) is -3.46. The van der Waals surface area contributed by atoms with Crippen LogP contribution in [-0.2, 0) is 14.3 Å². The van der Waals surface area contributed by atoms with Gasteiger partial charge in [0.25, 0.3) is 10.1 Å². The first-order chi connectivity index (χ1) is 5.29. The number of alkyl halides is 3. The summed E-state index contributed by atoms with van der Waals surface area (Å²) in [5.41, 5.74) is 0. The molecule has 1 aliphatic rings. The highest BCUT2D eigenvalue weighted by molar-refractivity contribution is 7.88. The first-order valence-electron chi connectivity index (χ1n) is 3.28. The maximum absolute atomic E-state index is 10.9. The zero-order chi connectivity index (χ0) is 9.57. The van der Waals surface area contributed by atoms with Crippen LogP contribution >= 0.6 is 34.8 Å². The molecule has 0 N–H and O–H groups in total. The van der Waals surface area contributed by atoms with E-state index in [-0.39, 0.29) is 0 Å². The van der Waals surface area contributed by atoms with E-state index in [9.17, 15) is 8.42 Å². The zero-order valence-electron chi connectivity index (χ0n) is 6.13. The normalized spacial score (nSPS) is 34.3. The molecular weight excluding hydrogens is 246 g/mol. The summed E-state index contributed by atoms with van der Waals surface area (Å²) in [5, 5.41) is -0.690. The molecule has 3 nitrogen and oxygen atoms in total. The summed E-state index contributed by atoms with van der Waals surface area (Å²) in [5.74, 6) is 0. The van der Waals surface area contributed by atoms with E-state index in [4.69, 9.17) is 34.8 Å². The van der Waals surface area contributed by atoms with Crippen LogP contribution in [0.3, 0.4) is 0 Å². The van der Waals surface area contributed by atoms with E-state index in [0.717, 1.165) is 0 Å². The molecular formula is C5H7Cl3O3S. The van der Waals surface area contributed by atoms with Gasteiger partial charge in [-0.3, -0.25) is 4.18 Å². The zero-order valence-corrected chi connectivity index (χ0v) is 9.21. The molecule has 2 unspecified atom stereocenters. The van der Waals surface area contributed by atoms with Crippen LogP contribution in [0.15, 0.2) is 0 Å². The Morgan fingerprint density at radius 2 is 1.92 bits per heavy atom. The van der Waals surface area contributed by atoms with Crippen LogP contribution in [0, 0.1) is 0 Å². The van der Waals surface area contributed by atoms with Gasteiger partial charge in [0.1, 0.15) is 11.4 Å². The van der Waals surface area contributed by atoms with Crippen molar-refractivity contribution in [3.63, 3.8) is 0 Å². The molecule has 12 heavy (non-hydrogen) atoms. The second-order valence-electron chi connectivity index (χ2n) is 2.50. The Kier molecular flexibility index (Phi) is 2.87. The molecule has 0 radical (unpaired) electrons. The lowest BCUT2D eigenvalue weighted by Crippen LogP contribution is -2.55. The molecule has 0 amide bonds. The van der Waals surface area contributed by atoms with Crippen LogP contribution in [0.5, 0.6) is 0 Å². The molecule has 1 fully saturated rings. The fourth-order valence-corrected chi connectivity index (χ4v) is 3.54. The number of hydrogen-bond acceptors (Lipinski definition) is 3. The van der Waals surface area contributed by atoms with Gasteiger partial charge in [-0.1, -0.05) is 41.7 Å². The van der Waals surface area contributed by atoms with Crippen molar-refractivity contribution in [1.29, 1.82) is 0 Å². The first kappa shape index (κ1) is 10.9. The summed E-state index contributed by atoms with van der Waals surface area (Å²) in [6.07, 6.45) is -0.446. The van der Waals surface area contributed by atoms with Gasteiger partial charge in [0.05, 0.1) is 0 Å². The van der Waals surface area contributed by atoms with Gasteiger partial charge in [-0.15, -0.1) is 0 Å². The van der Waals surface area contributed by atoms with Gasteiger partial charge in [-0.2, -0.15) is 8.42 Å². The molecule has 2 atom stereocenters. The van der Waals surface area contributed by atoms with Crippen LogP contribution in [0.1, 0.15) is 13.3 Å². The average molecular weight is 254 g/mol. The first-order valence-corrected chi connectivity index (χ1v) is 5.88. The Labute approximate surface area is 86.1 Å². The Morgan fingerprint density at radius 3 is 2.08 bits per heavy atom. The monoisotopic (exact) mass is 252 g/mol. The Bertz CT molecular complexity index is 268. The SMILES string of the molecule is CCC1C(C(Cl)(Cl)Cl)OS1(=O)=O. The molecule has 0 aromatic carbocycles. The second kappa shape index (κ2) is 3.17. The molecule has 1 heterocycles. The lowest BCUT2D eigenvalue weighted by Gasteiger charge is -2.38. The summed E-state index contributed by atoms with van der Waals surface area (Å²) in [6, 6.07) is 0. The predicted molar refractivity (Wildman–Crippen MR) is 48.2 cm³/mol. The third-order valence-corrected chi connectivity index (χ3v) is 4.11. The highest BCUT2D eigenvalue weighted by Gasteiger charge is 2.56. The average Bonchev–Trinajstić information content (AvgIpc) is 1.82. The standard InChI is InChI=1S/C5H7Cl3O3S/c1-2-3-4(5(6,7)8)11-12(3,9)10/h3-4H,2H2,1H3. The third-order valence-electron chi connectivity index (χ3n) is 1.67. The van der Waals surface area contributed by atoms with Crippen molar-refractivity contribution in [2.45, 2.75) is 28.5 Å². The van der Waals surface area contributed by atoms with E-state index in [0.29, 0.717) is 6.42 Å². The van der Waals surface area contributed by atoms with E-state index < -0.39 is 25.3 Å². The highest BCUT2D eigenvalue weighted by Crippen LogP contribution is 2.43. The third kappa shape index (κ3) is 1.82. The summed E-state index contributed by atoms with van der Waals surface area (Å²) in [4.78, 5) is 0. The fourth-order valence-electron chi connectivity index (χ4n) is 1.06. The van der Waals surface area contributed by atoms with Crippen molar-refractivity contribution in [3.05, 3.63) is 0 Å². The molecule has 0 saturated carbocycles. The Balaban J connectivity index is 2.78. The number of hydrogen-bond donors (Lipinski definition) is 0. The minimum atomic E-state index is -3.46. The van der Waals surface area contributed by atoms with Crippen molar-refractivity contribution in [2.24, 2.45) is 0 Å². The maximum atomic E-state index is 10.9. The topological polar surface area (TPSA) is 43.4 Å². The van der Waals surface area contributed by atoms with Crippen LogP contribution in [0.2, 0.25) is 0 Å². The van der Waals surface area contributed by atoms with Gasteiger partial charge < -0.3 is 0 Å². The smallest absolute Gasteiger partial charge is 0.260 e. The molecule has 1 saturated heterocycles. The largest absolute Gasteiger partial charge is 0.273 e. The Morgan fingerprint density at radius 1 is 1.42 bits per heavy atom. The van der Waals surface area contributed by atoms with Crippen molar-refractivity contribution in [2.75, 3.05) is 0 Å². The summed E-state index contributed by atoms with van der Waals surface area (Å²) < 4.78 is 24.6. The molecule has 0 aromatic heterocycles. The highest BCUT2D eigenvalue weighted by atomic mass is 35.6. The molecule has 1 rings (SSSR count). The van der Waals surface area contributed by atoms with Crippen LogP contribution in [-0.4, -0.2) is 23.6 Å². The molecule has 0 aromatic rings. The van der Waals surface area contributed by atoms with Gasteiger partial charge in [-0.25, -0.2) is 0 Å². The van der Waals surface area contributed by atoms with Crippen LogP contribution < -0.4 is 0 Å². The van der Waals surface area contributed by atoms with Crippen molar-refractivity contribution in [3.8, 4) is 0 Å². The Hall–Kier alpha value is 0.780. The van der Waals surface area contributed by atoms with Crippen molar-refractivity contribution in [1.82, 2.24) is 0 Å². The molecule has 0 aliphatic carbocycles. The minimum absolute atomic E-state index is 0.390. The summed E-state index contributed by atoms with van der Waals surface area (Å²) in [6.45, 7) is 1.70. The second-order valence-corrected chi connectivity index (χ2v) is 6.65. The molecule has 1 aliphatic heterocycles. The van der Waals surface area contributed by atoms with Gasteiger partial charge in [0.15, 0.2) is 0 Å². The molecule has 7 heteroatoms. The lowest BCUT2D eigenvalue weighted by molar-refractivity contribution is 0.139. The van der Waals surface area contributed by atoms with E-state index in [2.05, 4.69) is 4.18 Å². The maximum Gasteiger partial charge on any atom is 0.273 e. The van der Waals surface area contributed by atoms with Crippen LogP contribution in [0.25, 0.3) is 0 Å². The van der Waals surface area contributed by atoms with E-state index in [1.165, 1.54) is 0 Å². The van der Waals surface area contributed by atoms with Gasteiger partial charge in [-0.05, 0) is 6.42 Å².